The fourth-order valence-corrected chi connectivity index (χ4v) is 2.42. The maximum absolute atomic E-state index is 11.4. The first kappa shape index (κ1) is 12.9. The van der Waals surface area contributed by atoms with Gasteiger partial charge in [0.15, 0.2) is 0 Å². The predicted molar refractivity (Wildman–Crippen MR) is 70.5 cm³/mol. The number of hydrogen-bond donors (Lipinski definition) is 2. The molecular formula is C14H20N2O2. The smallest absolute Gasteiger partial charge is 0.222 e. The molecule has 1 aliphatic rings. The molecule has 0 radical (unpaired) electrons. The number of ether oxygens (including phenoxy) is 1. The van der Waals surface area contributed by atoms with E-state index in [1.165, 1.54) is 0 Å². The van der Waals surface area contributed by atoms with Crippen LogP contribution in [0.2, 0.25) is 0 Å². The van der Waals surface area contributed by atoms with Crippen LogP contribution in [0.1, 0.15) is 25.3 Å². The standard InChI is InChI=1S/C14H20N2O2/c1-9(2)18-11-5-3-4-10(6-11)12-7-16-8-13(12)14(15)17/h3-6,9,12-13,16H,7-8H2,1-2H3,(H2,15,17). The number of carbonyl (C=O) groups excluding carboxylic acids is 1. The lowest BCUT2D eigenvalue weighted by Crippen LogP contribution is -2.28. The Labute approximate surface area is 108 Å². The van der Waals surface area contributed by atoms with Crippen molar-refractivity contribution >= 4 is 5.91 Å². The minimum absolute atomic E-state index is 0.126. The van der Waals surface area contributed by atoms with Crippen LogP contribution in [0.5, 0.6) is 5.75 Å². The van der Waals surface area contributed by atoms with Gasteiger partial charge in [0, 0.05) is 19.0 Å². The van der Waals surface area contributed by atoms with Gasteiger partial charge in [0.25, 0.3) is 0 Å². The molecule has 4 nitrogen and oxygen atoms in total. The molecule has 0 aliphatic carbocycles. The Kier molecular flexibility index (Phi) is 3.87. The van der Waals surface area contributed by atoms with Crippen molar-refractivity contribution < 1.29 is 9.53 Å². The molecule has 1 aromatic rings. The van der Waals surface area contributed by atoms with E-state index in [2.05, 4.69) is 5.32 Å². The molecule has 1 aromatic carbocycles. The second-order valence-electron chi connectivity index (χ2n) is 5.01. The summed E-state index contributed by atoms with van der Waals surface area (Å²) in [6.07, 6.45) is 0.147. The molecule has 98 valence electrons. The van der Waals surface area contributed by atoms with Crippen LogP contribution in [-0.2, 0) is 4.79 Å². The van der Waals surface area contributed by atoms with Gasteiger partial charge in [0.05, 0.1) is 12.0 Å². The quantitative estimate of drug-likeness (QED) is 0.843. The lowest BCUT2D eigenvalue weighted by molar-refractivity contribution is -0.121. The molecule has 0 bridgehead atoms. The van der Waals surface area contributed by atoms with Gasteiger partial charge >= 0.3 is 0 Å². The predicted octanol–water partition coefficient (Wildman–Crippen LogP) is 1.26. The monoisotopic (exact) mass is 248 g/mol. The summed E-state index contributed by atoms with van der Waals surface area (Å²) in [5, 5.41) is 3.22. The van der Waals surface area contributed by atoms with Crippen LogP contribution in [-0.4, -0.2) is 25.1 Å². The van der Waals surface area contributed by atoms with Crippen LogP contribution >= 0.6 is 0 Å². The van der Waals surface area contributed by atoms with Gasteiger partial charge < -0.3 is 15.8 Å². The second kappa shape index (κ2) is 5.40. The van der Waals surface area contributed by atoms with E-state index in [4.69, 9.17) is 10.5 Å². The molecular weight excluding hydrogens is 228 g/mol. The highest BCUT2D eigenvalue weighted by molar-refractivity contribution is 5.78. The molecule has 2 unspecified atom stereocenters. The van der Waals surface area contributed by atoms with Crippen molar-refractivity contribution in [2.45, 2.75) is 25.9 Å². The summed E-state index contributed by atoms with van der Waals surface area (Å²) in [7, 11) is 0. The number of rotatable bonds is 4. The molecule has 1 amide bonds. The minimum atomic E-state index is -0.236. The molecule has 2 atom stereocenters. The van der Waals surface area contributed by atoms with Crippen LogP contribution in [0.15, 0.2) is 24.3 Å². The highest BCUT2D eigenvalue weighted by Crippen LogP contribution is 2.30. The number of carbonyl (C=O) groups is 1. The van der Waals surface area contributed by atoms with Crippen LogP contribution in [0, 0.1) is 5.92 Å². The van der Waals surface area contributed by atoms with E-state index in [0.717, 1.165) is 17.9 Å². The highest BCUT2D eigenvalue weighted by Gasteiger charge is 2.32. The van der Waals surface area contributed by atoms with Crippen molar-refractivity contribution in [3.8, 4) is 5.75 Å². The largest absolute Gasteiger partial charge is 0.491 e. The third kappa shape index (κ3) is 2.82. The van der Waals surface area contributed by atoms with Gasteiger partial charge in [-0.3, -0.25) is 4.79 Å². The fourth-order valence-electron chi connectivity index (χ4n) is 2.42. The summed E-state index contributed by atoms with van der Waals surface area (Å²) >= 11 is 0. The average Bonchev–Trinajstić information content (AvgIpc) is 2.77. The van der Waals surface area contributed by atoms with E-state index in [-0.39, 0.29) is 23.8 Å². The topological polar surface area (TPSA) is 64.3 Å². The second-order valence-corrected chi connectivity index (χ2v) is 5.01. The van der Waals surface area contributed by atoms with Crippen molar-refractivity contribution in [3.63, 3.8) is 0 Å². The third-order valence-electron chi connectivity index (χ3n) is 3.24. The van der Waals surface area contributed by atoms with E-state index in [0.29, 0.717) is 6.54 Å². The zero-order valence-electron chi connectivity index (χ0n) is 10.8. The zero-order valence-corrected chi connectivity index (χ0v) is 10.8. The van der Waals surface area contributed by atoms with Crippen molar-refractivity contribution in [2.75, 3.05) is 13.1 Å². The highest BCUT2D eigenvalue weighted by atomic mass is 16.5. The van der Waals surface area contributed by atoms with Crippen LogP contribution in [0.3, 0.4) is 0 Å². The van der Waals surface area contributed by atoms with Gasteiger partial charge in [-0.05, 0) is 31.5 Å². The SMILES string of the molecule is CC(C)Oc1cccc(C2CNCC2C(N)=O)c1. The first-order valence-corrected chi connectivity index (χ1v) is 6.34. The number of amides is 1. The van der Waals surface area contributed by atoms with Crippen molar-refractivity contribution in [1.82, 2.24) is 5.32 Å². The van der Waals surface area contributed by atoms with Crippen LogP contribution in [0.25, 0.3) is 0 Å². The Morgan fingerprint density at radius 2 is 2.22 bits per heavy atom. The minimum Gasteiger partial charge on any atom is -0.491 e. The number of nitrogens with one attached hydrogen (secondary N) is 1. The van der Waals surface area contributed by atoms with E-state index in [9.17, 15) is 4.79 Å². The molecule has 1 aliphatic heterocycles. The normalized spacial score (nSPS) is 23.3. The first-order valence-electron chi connectivity index (χ1n) is 6.34. The van der Waals surface area contributed by atoms with Gasteiger partial charge in [-0.25, -0.2) is 0 Å². The molecule has 3 N–H and O–H groups in total. The summed E-state index contributed by atoms with van der Waals surface area (Å²) in [5.41, 5.74) is 6.55. The Hall–Kier alpha value is -1.55. The summed E-state index contributed by atoms with van der Waals surface area (Å²) in [4.78, 5) is 11.4. The summed E-state index contributed by atoms with van der Waals surface area (Å²) in [6, 6.07) is 7.93. The van der Waals surface area contributed by atoms with Gasteiger partial charge in [0.2, 0.25) is 5.91 Å². The van der Waals surface area contributed by atoms with Gasteiger partial charge in [0.1, 0.15) is 5.75 Å². The molecule has 0 saturated carbocycles. The van der Waals surface area contributed by atoms with Gasteiger partial charge in [-0.1, -0.05) is 12.1 Å². The molecule has 1 fully saturated rings. The number of hydrogen-bond acceptors (Lipinski definition) is 3. The lowest BCUT2D eigenvalue weighted by Gasteiger charge is -2.17. The Morgan fingerprint density at radius 3 is 2.89 bits per heavy atom. The molecule has 0 aromatic heterocycles. The maximum atomic E-state index is 11.4. The van der Waals surface area contributed by atoms with E-state index < -0.39 is 0 Å². The maximum Gasteiger partial charge on any atom is 0.222 e. The zero-order chi connectivity index (χ0) is 13.1. The Bertz CT molecular complexity index is 432. The molecule has 4 heteroatoms. The first-order chi connectivity index (χ1) is 8.58. The number of primary amides is 1. The molecule has 1 heterocycles. The third-order valence-corrected chi connectivity index (χ3v) is 3.24. The van der Waals surface area contributed by atoms with E-state index in [1.807, 2.05) is 38.1 Å². The van der Waals surface area contributed by atoms with Gasteiger partial charge in [-0.15, -0.1) is 0 Å². The van der Waals surface area contributed by atoms with Crippen molar-refractivity contribution in [1.29, 1.82) is 0 Å². The Balaban J connectivity index is 2.19. The molecule has 18 heavy (non-hydrogen) atoms. The van der Waals surface area contributed by atoms with E-state index in [1.54, 1.807) is 0 Å². The molecule has 2 rings (SSSR count). The van der Waals surface area contributed by atoms with Crippen LogP contribution < -0.4 is 15.8 Å². The molecule has 1 saturated heterocycles. The fraction of sp³-hybridized carbons (Fsp3) is 0.500. The lowest BCUT2D eigenvalue weighted by atomic mass is 9.88. The van der Waals surface area contributed by atoms with Crippen molar-refractivity contribution in [2.24, 2.45) is 11.7 Å². The average molecular weight is 248 g/mol. The number of nitrogens with two attached hydrogens (primary N) is 1. The number of benzene rings is 1. The summed E-state index contributed by atoms with van der Waals surface area (Å²) in [6.45, 7) is 5.44. The van der Waals surface area contributed by atoms with Crippen molar-refractivity contribution in [3.05, 3.63) is 29.8 Å². The Morgan fingerprint density at radius 1 is 1.44 bits per heavy atom. The van der Waals surface area contributed by atoms with Gasteiger partial charge in [-0.2, -0.15) is 0 Å². The van der Waals surface area contributed by atoms with Crippen LogP contribution in [0.4, 0.5) is 0 Å². The molecule has 0 spiro atoms. The summed E-state index contributed by atoms with van der Waals surface area (Å²) < 4.78 is 5.67. The summed E-state index contributed by atoms with van der Waals surface area (Å²) in [5.74, 6) is 0.635. The van der Waals surface area contributed by atoms with E-state index >= 15 is 0 Å².